The second kappa shape index (κ2) is 6.59. The van der Waals surface area contributed by atoms with Gasteiger partial charge in [-0.15, -0.1) is 11.6 Å². The van der Waals surface area contributed by atoms with E-state index < -0.39 is 0 Å². The van der Waals surface area contributed by atoms with Crippen molar-refractivity contribution in [1.82, 2.24) is 9.55 Å². The van der Waals surface area contributed by atoms with Crippen LogP contribution in [0.1, 0.15) is 32.5 Å². The molecule has 1 aromatic heterocycles. The second-order valence-corrected chi connectivity index (χ2v) is 6.90. The summed E-state index contributed by atoms with van der Waals surface area (Å²) in [7, 11) is 0. The van der Waals surface area contributed by atoms with Gasteiger partial charge in [0.15, 0.2) is 0 Å². The molecule has 1 aromatic carbocycles. The first kappa shape index (κ1) is 16.0. The summed E-state index contributed by atoms with van der Waals surface area (Å²) in [6.45, 7) is 5.37. The summed E-state index contributed by atoms with van der Waals surface area (Å²) in [6.07, 6.45) is 4.39. The molecule has 0 radical (unpaired) electrons. The molecule has 110 valence electrons. The average molecular weight is 331 g/mol. The lowest BCUT2D eigenvalue weighted by atomic mass is 10.0. The summed E-state index contributed by atoms with van der Waals surface area (Å²) in [4.78, 5) is 4.62. The van der Waals surface area contributed by atoms with Crippen LogP contribution in [0.3, 0.4) is 0 Å². The molecule has 2 nitrogen and oxygen atoms in total. The Morgan fingerprint density at radius 2 is 2.00 bits per heavy atom. The van der Waals surface area contributed by atoms with Crippen LogP contribution in [0.25, 0.3) is 11.0 Å². The van der Waals surface area contributed by atoms with E-state index in [0.29, 0.717) is 5.88 Å². The molecular formula is C15H20Cl2N2S. The minimum Gasteiger partial charge on any atom is -0.324 e. The number of hydrogen-bond acceptors (Lipinski definition) is 2. The van der Waals surface area contributed by atoms with E-state index in [1.54, 1.807) is 0 Å². The van der Waals surface area contributed by atoms with Gasteiger partial charge in [0.05, 0.1) is 21.9 Å². The molecule has 0 aliphatic rings. The Hall–Kier alpha value is -0.380. The van der Waals surface area contributed by atoms with Gasteiger partial charge in [-0.05, 0) is 31.2 Å². The highest BCUT2D eigenvalue weighted by molar-refractivity contribution is 8.00. The molecule has 0 amide bonds. The number of alkyl halides is 1. The van der Waals surface area contributed by atoms with Gasteiger partial charge in [0.25, 0.3) is 0 Å². The predicted molar refractivity (Wildman–Crippen MR) is 91.1 cm³/mol. The number of halogens is 2. The zero-order valence-electron chi connectivity index (χ0n) is 12.1. The molecule has 0 bridgehead atoms. The summed E-state index contributed by atoms with van der Waals surface area (Å²) in [5, 5.41) is 0.744. The highest BCUT2D eigenvalue weighted by Gasteiger charge is 2.28. The third kappa shape index (κ3) is 2.81. The quantitative estimate of drug-likeness (QED) is 0.664. The van der Waals surface area contributed by atoms with Crippen LogP contribution in [-0.2, 0) is 12.4 Å². The van der Waals surface area contributed by atoms with E-state index in [0.717, 1.165) is 41.3 Å². The largest absolute Gasteiger partial charge is 0.324 e. The lowest BCUT2D eigenvalue weighted by molar-refractivity contribution is 0.466. The number of aromatic nitrogens is 2. The van der Waals surface area contributed by atoms with E-state index in [1.807, 2.05) is 30.0 Å². The van der Waals surface area contributed by atoms with Crippen molar-refractivity contribution in [3.05, 3.63) is 29.0 Å². The number of rotatable bonds is 6. The molecule has 0 unspecified atom stereocenters. The van der Waals surface area contributed by atoms with Crippen molar-refractivity contribution < 1.29 is 0 Å². The Morgan fingerprint density at radius 1 is 1.30 bits per heavy atom. The standard InChI is InChI=1S/C15H20Cl2N2S/c1-4-15(5-2,20-3)10-19-13(9-16)18-12-8-6-7-11(17)14(12)19/h6-8H,4-5,9-10H2,1-3H3. The summed E-state index contributed by atoms with van der Waals surface area (Å²) in [5.74, 6) is 1.30. The van der Waals surface area contributed by atoms with E-state index >= 15 is 0 Å². The van der Waals surface area contributed by atoms with E-state index in [4.69, 9.17) is 23.2 Å². The molecule has 2 aromatic rings. The number of thioether (sulfide) groups is 1. The Kier molecular flexibility index (Phi) is 5.27. The highest BCUT2D eigenvalue weighted by Crippen LogP contribution is 2.35. The summed E-state index contributed by atoms with van der Waals surface area (Å²) in [6, 6.07) is 5.84. The minimum absolute atomic E-state index is 0.202. The molecule has 0 aliphatic heterocycles. The van der Waals surface area contributed by atoms with E-state index in [2.05, 4.69) is 29.7 Å². The van der Waals surface area contributed by atoms with Crippen molar-refractivity contribution in [2.24, 2.45) is 0 Å². The van der Waals surface area contributed by atoms with Gasteiger partial charge in [-0.3, -0.25) is 0 Å². The van der Waals surface area contributed by atoms with Crippen molar-refractivity contribution in [2.75, 3.05) is 6.26 Å². The highest BCUT2D eigenvalue weighted by atomic mass is 35.5. The maximum absolute atomic E-state index is 6.38. The van der Waals surface area contributed by atoms with Crippen LogP contribution >= 0.6 is 35.0 Å². The zero-order chi connectivity index (χ0) is 14.8. The molecule has 20 heavy (non-hydrogen) atoms. The van der Waals surface area contributed by atoms with Crippen LogP contribution in [0, 0.1) is 0 Å². The number of para-hydroxylation sites is 1. The van der Waals surface area contributed by atoms with Crippen molar-refractivity contribution >= 4 is 46.0 Å². The van der Waals surface area contributed by atoms with Gasteiger partial charge >= 0.3 is 0 Å². The topological polar surface area (TPSA) is 17.8 Å². The fraction of sp³-hybridized carbons (Fsp3) is 0.533. The summed E-state index contributed by atoms with van der Waals surface area (Å²) < 4.78 is 2.40. The van der Waals surface area contributed by atoms with Gasteiger partial charge in [0, 0.05) is 11.3 Å². The number of hydrogen-bond donors (Lipinski definition) is 0. The molecule has 0 aliphatic carbocycles. The predicted octanol–water partition coefficient (Wildman–Crippen LogP) is 5.35. The molecule has 1 heterocycles. The van der Waals surface area contributed by atoms with Gasteiger partial charge in [0.2, 0.25) is 0 Å². The van der Waals surface area contributed by atoms with E-state index in [-0.39, 0.29) is 4.75 Å². The van der Waals surface area contributed by atoms with Crippen molar-refractivity contribution in [3.8, 4) is 0 Å². The molecule has 0 fully saturated rings. The molecular weight excluding hydrogens is 311 g/mol. The number of fused-ring (bicyclic) bond motifs is 1. The number of nitrogens with zero attached hydrogens (tertiary/aromatic N) is 2. The molecule has 0 N–H and O–H groups in total. The maximum atomic E-state index is 6.38. The smallest absolute Gasteiger partial charge is 0.124 e. The molecule has 0 saturated heterocycles. The van der Waals surface area contributed by atoms with Crippen molar-refractivity contribution in [2.45, 2.75) is 43.9 Å². The Morgan fingerprint density at radius 3 is 2.55 bits per heavy atom. The monoisotopic (exact) mass is 330 g/mol. The fourth-order valence-electron chi connectivity index (χ4n) is 2.58. The molecule has 5 heteroatoms. The average Bonchev–Trinajstić information content (AvgIpc) is 2.84. The third-order valence-electron chi connectivity index (χ3n) is 4.08. The molecule has 0 spiro atoms. The SMILES string of the molecule is CCC(CC)(Cn1c(CCl)nc2cccc(Cl)c21)SC. The maximum Gasteiger partial charge on any atom is 0.124 e. The Bertz CT molecular complexity index is 583. The van der Waals surface area contributed by atoms with Crippen LogP contribution < -0.4 is 0 Å². The normalized spacial score (nSPS) is 12.2. The van der Waals surface area contributed by atoms with Crippen LogP contribution in [0.4, 0.5) is 0 Å². The lowest BCUT2D eigenvalue weighted by Gasteiger charge is -2.31. The summed E-state index contributed by atoms with van der Waals surface area (Å²) >= 11 is 14.4. The van der Waals surface area contributed by atoms with Gasteiger partial charge in [-0.25, -0.2) is 4.98 Å². The Labute approximate surface area is 134 Å². The zero-order valence-corrected chi connectivity index (χ0v) is 14.4. The van der Waals surface area contributed by atoms with Crippen LogP contribution in [0.2, 0.25) is 5.02 Å². The molecule has 2 rings (SSSR count). The van der Waals surface area contributed by atoms with Gasteiger partial charge in [-0.2, -0.15) is 11.8 Å². The van der Waals surface area contributed by atoms with Gasteiger partial charge < -0.3 is 4.57 Å². The summed E-state index contributed by atoms with van der Waals surface area (Å²) in [5.41, 5.74) is 1.93. The molecule has 0 saturated carbocycles. The first-order chi connectivity index (χ1) is 9.60. The number of benzene rings is 1. The van der Waals surface area contributed by atoms with Gasteiger partial charge in [0.1, 0.15) is 5.82 Å². The van der Waals surface area contributed by atoms with Crippen molar-refractivity contribution in [1.29, 1.82) is 0 Å². The first-order valence-electron chi connectivity index (χ1n) is 6.85. The Balaban J connectivity index is 2.57. The third-order valence-corrected chi connectivity index (χ3v) is 6.20. The second-order valence-electron chi connectivity index (χ2n) is 4.95. The van der Waals surface area contributed by atoms with E-state index in [9.17, 15) is 0 Å². The van der Waals surface area contributed by atoms with Crippen LogP contribution in [-0.4, -0.2) is 20.6 Å². The van der Waals surface area contributed by atoms with Crippen molar-refractivity contribution in [3.63, 3.8) is 0 Å². The van der Waals surface area contributed by atoms with Crippen LogP contribution in [0.15, 0.2) is 18.2 Å². The first-order valence-corrected chi connectivity index (χ1v) is 8.99. The van der Waals surface area contributed by atoms with Crippen LogP contribution in [0.5, 0.6) is 0 Å². The minimum atomic E-state index is 0.202. The molecule has 0 atom stereocenters. The number of imidazole rings is 1. The van der Waals surface area contributed by atoms with Gasteiger partial charge in [-0.1, -0.05) is 31.5 Å². The van der Waals surface area contributed by atoms with E-state index in [1.165, 1.54) is 0 Å². The lowest BCUT2D eigenvalue weighted by Crippen LogP contribution is -2.29. The fourth-order valence-corrected chi connectivity index (χ4v) is 3.89.